The van der Waals surface area contributed by atoms with Crippen molar-refractivity contribution in [3.8, 4) is 28.0 Å². The summed E-state index contributed by atoms with van der Waals surface area (Å²) in [7, 11) is 0. The molecule has 3 rings (SSSR count). The lowest BCUT2D eigenvalue weighted by atomic mass is 9.86. The molecular formula is C19H15F3N2O3. The molecule has 0 saturated heterocycles. The fourth-order valence-electron chi connectivity index (χ4n) is 3.07. The van der Waals surface area contributed by atoms with E-state index in [1.165, 1.54) is 0 Å². The maximum atomic E-state index is 13.5. The Labute approximate surface area is 152 Å². The highest BCUT2D eigenvalue weighted by Crippen LogP contribution is 2.47. The molecule has 0 bridgehead atoms. The van der Waals surface area contributed by atoms with Crippen LogP contribution in [0.2, 0.25) is 0 Å². The van der Waals surface area contributed by atoms with E-state index in [4.69, 9.17) is 10.3 Å². The molecule has 0 spiro atoms. The minimum atomic E-state index is -4.88. The molecule has 0 radical (unpaired) electrons. The zero-order valence-electron chi connectivity index (χ0n) is 14.4. The Hall–Kier alpha value is -3.29. The molecule has 0 aliphatic rings. The van der Waals surface area contributed by atoms with Gasteiger partial charge in [-0.25, -0.2) is 0 Å². The highest BCUT2D eigenvalue weighted by atomic mass is 19.4. The van der Waals surface area contributed by atoms with Gasteiger partial charge in [-0.05, 0) is 31.0 Å². The number of amides is 1. The number of rotatable bonds is 3. The summed E-state index contributed by atoms with van der Waals surface area (Å²) in [5, 5.41) is 14.1. The first-order valence-electron chi connectivity index (χ1n) is 7.88. The third-order valence-electron chi connectivity index (χ3n) is 4.22. The molecule has 3 N–H and O–H groups in total. The van der Waals surface area contributed by atoms with Crippen LogP contribution in [0.25, 0.3) is 22.3 Å². The van der Waals surface area contributed by atoms with Crippen molar-refractivity contribution in [2.45, 2.75) is 20.0 Å². The van der Waals surface area contributed by atoms with Gasteiger partial charge in [-0.3, -0.25) is 4.79 Å². The fraction of sp³-hybridized carbons (Fsp3) is 0.158. The van der Waals surface area contributed by atoms with E-state index in [2.05, 4.69) is 5.16 Å². The van der Waals surface area contributed by atoms with E-state index < -0.39 is 29.0 Å². The molecule has 3 aromatic rings. The molecule has 0 aliphatic heterocycles. The second kappa shape index (κ2) is 6.46. The van der Waals surface area contributed by atoms with E-state index in [1.54, 1.807) is 44.2 Å². The monoisotopic (exact) mass is 376 g/mol. The number of hydrogen-bond acceptors (Lipinski definition) is 4. The summed E-state index contributed by atoms with van der Waals surface area (Å²) in [6.45, 7) is 3.14. The Morgan fingerprint density at radius 1 is 1.15 bits per heavy atom. The van der Waals surface area contributed by atoms with Crippen LogP contribution in [-0.4, -0.2) is 16.2 Å². The number of benzene rings is 2. The quantitative estimate of drug-likeness (QED) is 0.707. The van der Waals surface area contributed by atoms with Gasteiger partial charge >= 0.3 is 6.18 Å². The normalized spacial score (nSPS) is 11.6. The second-order valence-corrected chi connectivity index (χ2v) is 6.00. The topological polar surface area (TPSA) is 89.3 Å². The lowest BCUT2D eigenvalue weighted by Crippen LogP contribution is -2.17. The maximum absolute atomic E-state index is 13.5. The van der Waals surface area contributed by atoms with Gasteiger partial charge < -0.3 is 15.4 Å². The van der Waals surface area contributed by atoms with Crippen molar-refractivity contribution >= 4 is 5.91 Å². The molecule has 1 amide bonds. The molecular weight excluding hydrogens is 361 g/mol. The van der Waals surface area contributed by atoms with E-state index in [0.29, 0.717) is 16.8 Å². The molecule has 0 unspecified atom stereocenters. The van der Waals surface area contributed by atoms with Crippen molar-refractivity contribution in [2.24, 2.45) is 5.73 Å². The molecule has 5 nitrogen and oxygen atoms in total. The highest BCUT2D eigenvalue weighted by molar-refractivity contribution is 6.07. The van der Waals surface area contributed by atoms with E-state index >= 15 is 0 Å². The van der Waals surface area contributed by atoms with Crippen LogP contribution in [-0.2, 0) is 6.18 Å². The number of carbonyl (C=O) groups is 1. The number of hydrogen-bond donors (Lipinski definition) is 2. The van der Waals surface area contributed by atoms with E-state index in [0.717, 1.165) is 6.07 Å². The first kappa shape index (κ1) is 18.5. The van der Waals surface area contributed by atoms with Gasteiger partial charge in [0.25, 0.3) is 5.91 Å². The lowest BCUT2D eigenvalue weighted by molar-refractivity contribution is -0.138. The fourth-order valence-corrected chi connectivity index (χ4v) is 3.07. The number of aryl methyl sites for hydroxylation is 2. The molecule has 140 valence electrons. The van der Waals surface area contributed by atoms with Crippen LogP contribution in [0.4, 0.5) is 13.2 Å². The van der Waals surface area contributed by atoms with E-state index in [-0.39, 0.29) is 16.9 Å². The molecule has 0 aliphatic carbocycles. The standard InChI is InChI=1S/C19H15F3N2O3/c1-9-14(10(2)27-24-9)15-12(11-6-4-3-5-7-11)8-13(19(20,21)22)17(25)16(15)18(23)26/h3-8,25H,1-2H3,(H2,23,26). The Morgan fingerprint density at radius 2 is 1.78 bits per heavy atom. The first-order valence-corrected chi connectivity index (χ1v) is 7.88. The Balaban J connectivity index is 2.54. The van der Waals surface area contributed by atoms with Gasteiger partial charge in [-0.2, -0.15) is 13.2 Å². The van der Waals surface area contributed by atoms with Gasteiger partial charge in [0.1, 0.15) is 11.5 Å². The summed E-state index contributed by atoms with van der Waals surface area (Å²) in [5.41, 5.74) is 4.61. The average molecular weight is 376 g/mol. The van der Waals surface area contributed by atoms with Crippen LogP contribution in [0.1, 0.15) is 27.4 Å². The zero-order chi connectivity index (χ0) is 19.9. The molecule has 2 aromatic carbocycles. The third-order valence-corrected chi connectivity index (χ3v) is 4.22. The number of halogens is 3. The van der Waals surface area contributed by atoms with Gasteiger partial charge in [0.05, 0.1) is 16.8 Å². The van der Waals surface area contributed by atoms with Crippen LogP contribution in [0, 0.1) is 13.8 Å². The molecule has 8 heteroatoms. The first-order chi connectivity index (χ1) is 12.6. The van der Waals surface area contributed by atoms with Crippen LogP contribution in [0.15, 0.2) is 40.9 Å². The summed E-state index contributed by atoms with van der Waals surface area (Å²) >= 11 is 0. The minimum absolute atomic E-state index is 0.0513. The predicted octanol–water partition coefficient (Wildman–Crippen LogP) is 4.45. The number of nitrogens with zero attached hydrogens (tertiary/aromatic N) is 1. The Morgan fingerprint density at radius 3 is 2.26 bits per heavy atom. The largest absolute Gasteiger partial charge is 0.506 e. The zero-order valence-corrected chi connectivity index (χ0v) is 14.4. The number of aromatic nitrogens is 1. The van der Waals surface area contributed by atoms with Crippen LogP contribution in [0.3, 0.4) is 0 Å². The van der Waals surface area contributed by atoms with Crippen molar-refractivity contribution in [3.63, 3.8) is 0 Å². The number of phenols is 1. The number of aromatic hydroxyl groups is 1. The van der Waals surface area contributed by atoms with E-state index in [1.807, 2.05) is 0 Å². The molecule has 1 aromatic heterocycles. The molecule has 0 fully saturated rings. The molecule has 0 atom stereocenters. The van der Waals surface area contributed by atoms with Crippen LogP contribution in [0.5, 0.6) is 5.75 Å². The van der Waals surface area contributed by atoms with Crippen LogP contribution >= 0.6 is 0 Å². The number of alkyl halides is 3. The highest BCUT2D eigenvalue weighted by Gasteiger charge is 2.38. The predicted molar refractivity (Wildman–Crippen MR) is 92.0 cm³/mol. The summed E-state index contributed by atoms with van der Waals surface area (Å²) in [6, 6.07) is 9.00. The van der Waals surface area contributed by atoms with Crippen molar-refractivity contribution in [1.82, 2.24) is 5.16 Å². The minimum Gasteiger partial charge on any atom is -0.506 e. The number of carbonyl (C=O) groups excluding carboxylic acids is 1. The summed E-state index contributed by atoms with van der Waals surface area (Å²) in [5.74, 6) is -2.12. The maximum Gasteiger partial charge on any atom is 0.420 e. The van der Waals surface area contributed by atoms with Crippen molar-refractivity contribution < 1.29 is 27.6 Å². The van der Waals surface area contributed by atoms with Crippen LogP contribution < -0.4 is 5.73 Å². The Kier molecular flexibility index (Phi) is 4.43. The molecule has 1 heterocycles. The number of nitrogens with two attached hydrogens (primary N) is 1. The average Bonchev–Trinajstić information content (AvgIpc) is 2.92. The van der Waals surface area contributed by atoms with Gasteiger partial charge in [-0.1, -0.05) is 35.5 Å². The Bertz CT molecular complexity index is 1010. The smallest absolute Gasteiger partial charge is 0.420 e. The van der Waals surface area contributed by atoms with Gasteiger partial charge in [0.2, 0.25) is 0 Å². The summed E-state index contributed by atoms with van der Waals surface area (Å²) in [4.78, 5) is 12.1. The van der Waals surface area contributed by atoms with Crippen molar-refractivity contribution in [3.05, 3.63) is 59.0 Å². The summed E-state index contributed by atoms with van der Waals surface area (Å²) in [6.07, 6.45) is -4.88. The van der Waals surface area contributed by atoms with Crippen molar-refractivity contribution in [2.75, 3.05) is 0 Å². The lowest BCUT2D eigenvalue weighted by Gasteiger charge is -2.19. The summed E-state index contributed by atoms with van der Waals surface area (Å²) < 4.78 is 45.5. The van der Waals surface area contributed by atoms with Crippen molar-refractivity contribution in [1.29, 1.82) is 0 Å². The second-order valence-electron chi connectivity index (χ2n) is 6.00. The van der Waals surface area contributed by atoms with Gasteiger partial charge in [0.15, 0.2) is 0 Å². The molecule has 27 heavy (non-hydrogen) atoms. The van der Waals surface area contributed by atoms with Gasteiger partial charge in [0, 0.05) is 11.1 Å². The number of primary amides is 1. The van der Waals surface area contributed by atoms with Gasteiger partial charge in [-0.15, -0.1) is 0 Å². The molecule has 0 saturated carbocycles. The third kappa shape index (κ3) is 3.14. The van der Waals surface area contributed by atoms with E-state index in [9.17, 15) is 23.1 Å². The SMILES string of the molecule is Cc1noc(C)c1-c1c(-c2ccccc2)cc(C(F)(F)F)c(O)c1C(N)=O.